The van der Waals surface area contributed by atoms with Gasteiger partial charge in [-0.25, -0.2) is 0 Å². The number of aliphatic imine (C=N–C) groups is 1. The summed E-state index contributed by atoms with van der Waals surface area (Å²) >= 11 is 1.22. The molecule has 2 atom stereocenters. The maximum Gasteiger partial charge on any atom is 0.238 e. The van der Waals surface area contributed by atoms with Crippen LogP contribution in [0.25, 0.3) is 0 Å². The number of aliphatic carboxylic acids is 1. The van der Waals surface area contributed by atoms with Crippen LogP contribution in [-0.2, 0) is 9.59 Å². The average Bonchev–Trinajstić information content (AvgIpc) is 2.91. The summed E-state index contributed by atoms with van der Waals surface area (Å²) < 4.78 is 5.60. The van der Waals surface area contributed by atoms with Crippen LogP contribution in [0.15, 0.2) is 40.4 Å². The van der Waals surface area contributed by atoms with E-state index in [0.29, 0.717) is 11.4 Å². The highest BCUT2D eigenvalue weighted by Gasteiger charge is 2.28. The number of carboxylic acid groups (broad SMARTS) is 1. The van der Waals surface area contributed by atoms with Gasteiger partial charge in [0.05, 0.1) is 22.4 Å². The molecule has 6 nitrogen and oxygen atoms in total. The smallest absolute Gasteiger partial charge is 0.238 e. The van der Waals surface area contributed by atoms with Crippen LogP contribution >= 0.6 is 11.8 Å². The number of carboxylic acids is 1. The van der Waals surface area contributed by atoms with E-state index in [0.717, 1.165) is 11.3 Å². The lowest BCUT2D eigenvalue weighted by Crippen LogP contribution is -2.30. The maximum absolute atomic E-state index is 11.7. The largest absolute Gasteiger partial charge is 0.550 e. The normalized spacial score (nSPS) is 19.9. The van der Waals surface area contributed by atoms with Gasteiger partial charge in [-0.1, -0.05) is 17.8 Å². The fourth-order valence-electron chi connectivity index (χ4n) is 2.28. The van der Waals surface area contributed by atoms with E-state index in [4.69, 9.17) is 4.74 Å². The predicted octanol–water partition coefficient (Wildman–Crippen LogP) is 1.88. The summed E-state index contributed by atoms with van der Waals surface area (Å²) in [5, 5.41) is 13.4. The van der Waals surface area contributed by atoms with Crippen LogP contribution in [0.2, 0.25) is 0 Å². The highest BCUT2D eigenvalue weighted by Crippen LogP contribution is 2.29. The Labute approximate surface area is 157 Å². The third-order valence-electron chi connectivity index (χ3n) is 3.53. The van der Waals surface area contributed by atoms with Crippen molar-refractivity contribution in [3.8, 4) is 5.75 Å². The monoisotopic (exact) mass is 375 g/mol. The number of benzene rings is 1. The predicted molar refractivity (Wildman–Crippen MR) is 101 cm³/mol. The van der Waals surface area contributed by atoms with Crippen molar-refractivity contribution in [1.29, 1.82) is 0 Å². The number of hydrogen-bond acceptors (Lipinski definition) is 6. The Hall–Kier alpha value is -2.28. The average molecular weight is 375 g/mol. The first-order valence-electron chi connectivity index (χ1n) is 8.51. The van der Waals surface area contributed by atoms with E-state index in [1.54, 1.807) is 0 Å². The van der Waals surface area contributed by atoms with E-state index in [1.807, 2.05) is 57.3 Å². The lowest BCUT2D eigenvalue weighted by Gasteiger charge is -2.09. The lowest BCUT2D eigenvalue weighted by atomic mass is 10.2. The number of thioether (sulfide) groups is 1. The van der Waals surface area contributed by atoms with Crippen LogP contribution in [0.5, 0.6) is 5.75 Å². The highest BCUT2D eigenvalue weighted by atomic mass is 32.2. The molecule has 7 heteroatoms. The summed E-state index contributed by atoms with van der Waals surface area (Å²) in [5.41, 5.74) is 0.984. The van der Waals surface area contributed by atoms with E-state index in [9.17, 15) is 14.7 Å². The molecule has 1 aromatic rings. The van der Waals surface area contributed by atoms with E-state index in [1.165, 1.54) is 11.8 Å². The van der Waals surface area contributed by atoms with Crippen molar-refractivity contribution in [1.82, 2.24) is 5.32 Å². The van der Waals surface area contributed by atoms with Gasteiger partial charge >= 0.3 is 0 Å². The Bertz CT molecular complexity index is 698. The SMILES string of the molecule is CC(C/C=C1/NC(=O)C(CC(=O)[O-])S1)N=Cc1ccc(OC(C)C)cc1. The molecule has 2 unspecified atom stereocenters. The molecule has 1 saturated heterocycles. The summed E-state index contributed by atoms with van der Waals surface area (Å²) in [5.74, 6) is -0.679. The minimum atomic E-state index is -1.22. The van der Waals surface area contributed by atoms with Gasteiger partial charge in [0.2, 0.25) is 5.91 Å². The Morgan fingerprint density at radius 3 is 2.65 bits per heavy atom. The van der Waals surface area contributed by atoms with E-state index in [2.05, 4.69) is 10.3 Å². The van der Waals surface area contributed by atoms with Gasteiger partial charge in [-0.05, 0) is 57.0 Å². The number of carbonyl (C=O) groups is 2. The van der Waals surface area contributed by atoms with Gasteiger partial charge in [0, 0.05) is 18.6 Å². The molecule has 2 rings (SSSR count). The number of rotatable bonds is 8. The molecule has 0 radical (unpaired) electrons. The number of amides is 1. The molecule has 26 heavy (non-hydrogen) atoms. The van der Waals surface area contributed by atoms with Gasteiger partial charge in [0.15, 0.2) is 0 Å². The number of ether oxygens (including phenoxy) is 1. The van der Waals surface area contributed by atoms with Crippen molar-refractivity contribution < 1.29 is 19.4 Å². The molecular formula is C19H23N2O4S-. The Morgan fingerprint density at radius 2 is 2.04 bits per heavy atom. The van der Waals surface area contributed by atoms with Crippen LogP contribution < -0.4 is 15.2 Å². The molecular weight excluding hydrogens is 352 g/mol. The topological polar surface area (TPSA) is 90.8 Å². The number of nitrogens with zero attached hydrogens (tertiary/aromatic N) is 1. The standard InChI is InChI=1S/C19H24N2O4S/c1-12(2)25-15-7-5-14(6-8-15)11-20-13(3)4-9-17-21-19(24)16(26-17)10-18(22)23/h5-9,11-13,16H,4,10H2,1-3H3,(H,21,24)(H,22,23)/p-1/b17-9-,20-11?. The molecule has 1 amide bonds. The lowest BCUT2D eigenvalue weighted by molar-refractivity contribution is -0.305. The van der Waals surface area contributed by atoms with E-state index < -0.39 is 11.2 Å². The Kier molecular flexibility index (Phi) is 7.26. The summed E-state index contributed by atoms with van der Waals surface area (Å²) in [6, 6.07) is 7.76. The molecule has 0 aliphatic carbocycles. The number of nitrogens with one attached hydrogen (secondary N) is 1. The molecule has 140 valence electrons. The minimum absolute atomic E-state index is 0.0341. The van der Waals surface area contributed by atoms with Crippen molar-refractivity contribution in [3.05, 3.63) is 40.9 Å². The Balaban J connectivity index is 1.84. The molecule has 0 saturated carbocycles. The number of hydrogen-bond donors (Lipinski definition) is 1. The van der Waals surface area contributed by atoms with Gasteiger partial charge in [-0.15, -0.1) is 0 Å². The summed E-state index contributed by atoms with van der Waals surface area (Å²) in [6.45, 7) is 5.94. The summed E-state index contributed by atoms with van der Waals surface area (Å²) in [7, 11) is 0. The molecule has 1 aromatic carbocycles. The van der Waals surface area contributed by atoms with Crippen molar-refractivity contribution in [2.75, 3.05) is 0 Å². The van der Waals surface area contributed by atoms with Crippen LogP contribution in [0.1, 0.15) is 39.2 Å². The van der Waals surface area contributed by atoms with Crippen LogP contribution in [-0.4, -0.2) is 35.5 Å². The van der Waals surface area contributed by atoms with Gasteiger partial charge in [-0.3, -0.25) is 9.79 Å². The van der Waals surface area contributed by atoms with Crippen molar-refractivity contribution in [2.24, 2.45) is 4.99 Å². The quantitative estimate of drug-likeness (QED) is 0.701. The molecule has 1 N–H and O–H groups in total. The third-order valence-corrected chi connectivity index (χ3v) is 4.72. The zero-order chi connectivity index (χ0) is 19.1. The third kappa shape index (κ3) is 6.55. The molecule has 1 aliphatic heterocycles. The van der Waals surface area contributed by atoms with Crippen molar-refractivity contribution in [2.45, 2.75) is 51.0 Å². The first-order valence-corrected chi connectivity index (χ1v) is 9.39. The molecule has 1 heterocycles. The molecule has 0 bridgehead atoms. The van der Waals surface area contributed by atoms with Crippen LogP contribution in [0, 0.1) is 0 Å². The van der Waals surface area contributed by atoms with E-state index in [-0.39, 0.29) is 24.5 Å². The second-order valence-electron chi connectivity index (χ2n) is 6.34. The van der Waals surface area contributed by atoms with Gasteiger partial charge < -0.3 is 20.0 Å². The van der Waals surface area contributed by atoms with Crippen molar-refractivity contribution in [3.63, 3.8) is 0 Å². The van der Waals surface area contributed by atoms with Gasteiger partial charge in [0.25, 0.3) is 0 Å². The summed E-state index contributed by atoms with van der Waals surface area (Å²) in [4.78, 5) is 26.8. The molecule has 1 fully saturated rings. The van der Waals surface area contributed by atoms with E-state index >= 15 is 0 Å². The first-order chi connectivity index (χ1) is 12.3. The fourth-order valence-corrected chi connectivity index (χ4v) is 3.32. The first kappa shape index (κ1) is 20.0. The fraction of sp³-hybridized carbons (Fsp3) is 0.421. The number of carbonyl (C=O) groups excluding carboxylic acids is 2. The molecule has 0 spiro atoms. The minimum Gasteiger partial charge on any atom is -0.550 e. The van der Waals surface area contributed by atoms with Crippen molar-refractivity contribution >= 4 is 29.9 Å². The van der Waals surface area contributed by atoms with Gasteiger partial charge in [0.1, 0.15) is 5.75 Å². The zero-order valence-electron chi connectivity index (χ0n) is 15.1. The second kappa shape index (κ2) is 9.43. The second-order valence-corrected chi connectivity index (χ2v) is 7.58. The molecule has 1 aliphatic rings. The van der Waals surface area contributed by atoms with Gasteiger partial charge in [-0.2, -0.15) is 0 Å². The van der Waals surface area contributed by atoms with Crippen LogP contribution in [0.4, 0.5) is 0 Å². The zero-order valence-corrected chi connectivity index (χ0v) is 15.9. The molecule has 0 aromatic heterocycles. The highest BCUT2D eigenvalue weighted by molar-refractivity contribution is 8.04. The van der Waals surface area contributed by atoms with Crippen LogP contribution in [0.3, 0.4) is 0 Å². The summed E-state index contributed by atoms with van der Waals surface area (Å²) in [6.07, 6.45) is 4.19. The Morgan fingerprint density at radius 1 is 1.35 bits per heavy atom. The maximum atomic E-state index is 11.7.